The van der Waals surface area contributed by atoms with Gasteiger partial charge in [-0.1, -0.05) is 68.5 Å². The van der Waals surface area contributed by atoms with Crippen LogP contribution in [0.25, 0.3) is 0 Å². The molecule has 1 saturated heterocycles. The van der Waals surface area contributed by atoms with Crippen LogP contribution in [0.15, 0.2) is 40.2 Å². The maximum atomic E-state index is 14.6. The van der Waals surface area contributed by atoms with E-state index in [9.17, 15) is 29.7 Å². The summed E-state index contributed by atoms with van der Waals surface area (Å²) < 4.78 is 13.1. The predicted octanol–water partition coefficient (Wildman–Crippen LogP) is 4.08. The van der Waals surface area contributed by atoms with Crippen LogP contribution in [0.5, 0.6) is 11.5 Å². The summed E-state index contributed by atoms with van der Waals surface area (Å²) in [5.41, 5.74) is 0.270. The molecule has 1 amide bonds. The van der Waals surface area contributed by atoms with Crippen molar-refractivity contribution in [3.63, 3.8) is 0 Å². The Morgan fingerprint density at radius 3 is 2.33 bits per heavy atom. The van der Waals surface area contributed by atoms with Gasteiger partial charge in [-0.2, -0.15) is 0 Å². The Balaban J connectivity index is 1.53. The number of allylic oxidation sites excluding steroid dienone is 4. The summed E-state index contributed by atoms with van der Waals surface area (Å²) in [6.45, 7) is 16.3. The summed E-state index contributed by atoms with van der Waals surface area (Å²) >= 11 is 2.41. The SMILES string of the molecule is C/C1=C/C=C/[C@H](C)[C@H](O)[C@@H](C)[C@@H](O)[C@@H](C)C(C)O[C@@]2(C)Oc3c(C)c(O)c4c(c3C2=O)C2=NC3(CCN(CC(C)I)CC3)NC2=C(NC1=O)C4=O. The van der Waals surface area contributed by atoms with Gasteiger partial charge in [0.1, 0.15) is 22.9 Å². The average Bonchev–Trinajstić information content (AvgIpc) is 3.57. The molecule has 1 aromatic rings. The number of nitrogens with one attached hydrogen (secondary N) is 2. The molecule has 276 valence electrons. The molecule has 6 aliphatic rings. The number of aromatic hydroxyl groups is 1. The molecule has 5 N–H and O–H groups in total. The second-order valence-electron chi connectivity index (χ2n) is 15.2. The number of alkyl halides is 1. The molecule has 12 nitrogen and oxygen atoms in total. The van der Waals surface area contributed by atoms with Crippen LogP contribution in [0.2, 0.25) is 0 Å². The second kappa shape index (κ2) is 13.7. The molecule has 13 heteroatoms. The number of piperidine rings is 1. The molecule has 2 unspecified atom stereocenters. The Kier molecular flexibility index (Phi) is 10.1. The minimum absolute atomic E-state index is 0.0633. The largest absolute Gasteiger partial charge is 0.507 e. The lowest BCUT2D eigenvalue weighted by Crippen LogP contribution is -2.51. The number of hydrogen-bond donors (Lipinski definition) is 5. The van der Waals surface area contributed by atoms with Crippen LogP contribution in [-0.4, -0.2) is 96.7 Å². The fraction of sp³-hybridized carbons (Fsp3) is 0.579. The van der Waals surface area contributed by atoms with E-state index in [1.54, 1.807) is 52.8 Å². The standard InChI is InChI=1S/C38H49IN4O8/c1-17-10-9-11-18(2)36(49)40-29-28-27(41-38(42-28)12-14-43(15-13-38)16-19(3)39)24-25(33(29)47)32(46)22(6)34-26(24)35(48)37(8,51-34)50-23(7)20(4)31(45)21(5)30(17)44/h9-11,17,19-21,23,30-31,42,44-46H,12-16H2,1-8H3,(H,40,49)/b10-9+,18-11-/t17-,19?,20-,21+,23?,30-,31-,37-/m0/s1. The van der Waals surface area contributed by atoms with Crippen molar-refractivity contribution in [2.75, 3.05) is 19.6 Å². The lowest BCUT2D eigenvalue weighted by Gasteiger charge is -2.38. The molecule has 1 aliphatic carbocycles. The molecule has 51 heavy (non-hydrogen) atoms. The molecule has 1 aromatic carbocycles. The number of aliphatic imine (C=N–C) groups is 1. The number of aliphatic hydroxyl groups is 2. The molecule has 5 aliphatic heterocycles. The van der Waals surface area contributed by atoms with Crippen LogP contribution in [0.1, 0.15) is 93.2 Å². The van der Waals surface area contributed by atoms with Crippen molar-refractivity contribution in [2.45, 2.75) is 102 Å². The maximum Gasteiger partial charge on any atom is 0.272 e. The maximum absolute atomic E-state index is 14.6. The van der Waals surface area contributed by atoms with Gasteiger partial charge in [-0.05, 0) is 20.8 Å². The minimum atomic E-state index is -1.87. The lowest BCUT2D eigenvalue weighted by molar-refractivity contribution is -0.180. The van der Waals surface area contributed by atoms with Crippen molar-refractivity contribution in [1.82, 2.24) is 15.5 Å². The number of nitrogens with zero attached hydrogens (tertiary/aromatic N) is 2. The van der Waals surface area contributed by atoms with E-state index in [2.05, 4.69) is 45.0 Å². The molecule has 8 atom stereocenters. The smallest absolute Gasteiger partial charge is 0.272 e. The Bertz CT molecular complexity index is 1790. The number of amides is 1. The number of fused-ring (bicyclic) bond motifs is 10. The third kappa shape index (κ3) is 6.47. The predicted molar refractivity (Wildman–Crippen MR) is 200 cm³/mol. The zero-order chi connectivity index (χ0) is 37.3. The molecule has 7 rings (SSSR count). The van der Waals surface area contributed by atoms with Crippen molar-refractivity contribution in [3.8, 4) is 11.5 Å². The van der Waals surface area contributed by atoms with Gasteiger partial charge in [-0.25, -0.2) is 0 Å². The van der Waals surface area contributed by atoms with Crippen LogP contribution < -0.4 is 15.4 Å². The van der Waals surface area contributed by atoms with Gasteiger partial charge < -0.3 is 40.3 Å². The van der Waals surface area contributed by atoms with Crippen LogP contribution in [0, 0.1) is 24.7 Å². The Morgan fingerprint density at radius 1 is 1.02 bits per heavy atom. The summed E-state index contributed by atoms with van der Waals surface area (Å²) in [4.78, 5) is 50.3. The van der Waals surface area contributed by atoms with Gasteiger partial charge in [0, 0.05) is 77.8 Å². The number of carbonyl (C=O) groups excluding carboxylic acids is 3. The van der Waals surface area contributed by atoms with E-state index in [1.165, 1.54) is 6.92 Å². The number of phenols is 1. The molecule has 0 saturated carbocycles. The first-order valence-corrected chi connectivity index (χ1v) is 19.0. The number of Topliss-reactive ketones (excluding diaryl/α,β-unsaturated/α-hetero) is 2. The molecule has 1 spiro atoms. The van der Waals surface area contributed by atoms with Crippen LogP contribution >= 0.6 is 22.6 Å². The number of halogens is 1. The van der Waals surface area contributed by atoms with Crippen LogP contribution in [0.3, 0.4) is 0 Å². The number of aliphatic hydroxyl groups excluding tert-OH is 2. The number of carbonyl (C=O) groups is 3. The third-order valence-electron chi connectivity index (χ3n) is 11.3. The fourth-order valence-corrected chi connectivity index (χ4v) is 8.43. The van der Waals surface area contributed by atoms with Crippen molar-refractivity contribution in [1.29, 1.82) is 0 Å². The molecule has 5 bridgehead atoms. The van der Waals surface area contributed by atoms with E-state index in [0.717, 1.165) is 19.6 Å². The summed E-state index contributed by atoms with van der Waals surface area (Å²) in [5, 5.41) is 40.5. The minimum Gasteiger partial charge on any atom is -0.507 e. The molecule has 0 radical (unpaired) electrons. The first kappa shape index (κ1) is 37.6. The summed E-state index contributed by atoms with van der Waals surface area (Å²) in [7, 11) is 0. The first-order valence-electron chi connectivity index (χ1n) is 17.8. The van der Waals surface area contributed by atoms with E-state index >= 15 is 0 Å². The number of phenolic OH excluding ortho intramolecular Hbond substituents is 1. The Hall–Kier alpha value is -3.11. The van der Waals surface area contributed by atoms with Crippen molar-refractivity contribution in [3.05, 3.63) is 57.4 Å². The summed E-state index contributed by atoms with van der Waals surface area (Å²) in [6.07, 6.45) is 3.60. The van der Waals surface area contributed by atoms with Gasteiger partial charge in [0.2, 0.25) is 11.6 Å². The molecule has 5 heterocycles. The van der Waals surface area contributed by atoms with Gasteiger partial charge in [0.15, 0.2) is 0 Å². The monoisotopic (exact) mass is 816 g/mol. The molecule has 1 fully saturated rings. The highest BCUT2D eigenvalue weighted by Crippen LogP contribution is 2.50. The number of likely N-dealkylation sites (tertiary alicyclic amines) is 1. The average molecular weight is 817 g/mol. The molecular weight excluding hydrogens is 767 g/mol. The lowest BCUT2D eigenvalue weighted by atomic mass is 9.82. The van der Waals surface area contributed by atoms with Gasteiger partial charge in [-0.15, -0.1) is 0 Å². The number of hydrogen-bond acceptors (Lipinski definition) is 11. The normalized spacial score (nSPS) is 34.8. The van der Waals surface area contributed by atoms with Gasteiger partial charge in [-0.3, -0.25) is 19.4 Å². The van der Waals surface area contributed by atoms with Crippen molar-refractivity contribution >= 4 is 45.8 Å². The van der Waals surface area contributed by atoms with E-state index in [1.807, 2.05) is 6.92 Å². The van der Waals surface area contributed by atoms with Crippen LogP contribution in [-0.2, 0) is 9.53 Å². The number of benzene rings is 1. The van der Waals surface area contributed by atoms with Gasteiger partial charge >= 0.3 is 0 Å². The zero-order valence-electron chi connectivity index (χ0n) is 30.5. The van der Waals surface area contributed by atoms with Crippen molar-refractivity contribution < 1.29 is 39.2 Å². The van der Waals surface area contributed by atoms with E-state index in [0.29, 0.717) is 28.1 Å². The Labute approximate surface area is 312 Å². The highest BCUT2D eigenvalue weighted by atomic mass is 127. The highest BCUT2D eigenvalue weighted by molar-refractivity contribution is 14.1. The first-order chi connectivity index (χ1) is 23.9. The Morgan fingerprint density at radius 2 is 1.69 bits per heavy atom. The molecular formula is C38H49IN4O8. The van der Waals surface area contributed by atoms with Crippen molar-refractivity contribution in [2.24, 2.45) is 22.7 Å². The molecule has 0 aromatic heterocycles. The number of rotatable bonds is 2. The second-order valence-corrected chi connectivity index (χ2v) is 17.3. The zero-order valence-corrected chi connectivity index (χ0v) is 32.6. The number of ketones is 2. The van der Waals surface area contributed by atoms with Gasteiger partial charge in [0.25, 0.3) is 11.7 Å². The van der Waals surface area contributed by atoms with E-state index in [4.69, 9.17) is 14.5 Å². The quantitative estimate of drug-likeness (QED) is 0.217. The van der Waals surface area contributed by atoms with Crippen LogP contribution in [0.4, 0.5) is 0 Å². The third-order valence-corrected chi connectivity index (χ3v) is 11.7. The summed E-state index contributed by atoms with van der Waals surface area (Å²) in [6, 6.07) is 0. The van der Waals surface area contributed by atoms with Gasteiger partial charge in [0.05, 0.1) is 40.8 Å². The van der Waals surface area contributed by atoms with E-state index < -0.39 is 59.1 Å². The van der Waals surface area contributed by atoms with E-state index in [-0.39, 0.29) is 51.1 Å². The highest BCUT2D eigenvalue weighted by Gasteiger charge is 2.55. The fourth-order valence-electron chi connectivity index (χ4n) is 7.87. The topological polar surface area (TPSA) is 170 Å². The number of ether oxygens (including phenoxy) is 2. The summed E-state index contributed by atoms with van der Waals surface area (Å²) in [5.74, 6) is -5.40.